The molecule has 1 aliphatic heterocycles. The molecule has 3 heterocycles. The zero-order chi connectivity index (χ0) is 26.9. The molecule has 0 spiro atoms. The summed E-state index contributed by atoms with van der Waals surface area (Å²) < 4.78 is 11.5. The number of fused-ring (bicyclic) bond motifs is 1. The Hall–Kier alpha value is -3.54. The number of hydrogen-bond acceptors (Lipinski definition) is 9. The van der Waals surface area contributed by atoms with Crippen LogP contribution in [0.5, 0.6) is 0 Å². The molecule has 0 fully saturated rings. The van der Waals surface area contributed by atoms with E-state index in [2.05, 4.69) is 4.98 Å². The van der Waals surface area contributed by atoms with E-state index in [0.29, 0.717) is 21.3 Å². The summed E-state index contributed by atoms with van der Waals surface area (Å²) in [6.45, 7) is 6.00. The lowest BCUT2D eigenvalue weighted by Gasteiger charge is -2.33. The predicted octanol–water partition coefficient (Wildman–Crippen LogP) is 3.50. The molecule has 11 heteroatoms. The van der Waals surface area contributed by atoms with Gasteiger partial charge in [-0.05, 0) is 38.8 Å². The molecule has 2 N–H and O–H groups in total. The summed E-state index contributed by atoms with van der Waals surface area (Å²) in [6.07, 6.45) is 1.68. The second kappa shape index (κ2) is 10.4. The van der Waals surface area contributed by atoms with E-state index in [1.807, 2.05) is 30.3 Å². The maximum atomic E-state index is 13.8. The number of aromatic nitrogens is 1. The van der Waals surface area contributed by atoms with Crippen molar-refractivity contribution < 1.29 is 33.8 Å². The molecular formula is C26H29N3O7S. The number of aliphatic carboxylic acids is 1. The molecule has 37 heavy (non-hydrogen) atoms. The lowest BCUT2D eigenvalue weighted by Crippen LogP contribution is -2.57. The van der Waals surface area contributed by atoms with Gasteiger partial charge in [-0.15, -0.1) is 11.3 Å². The number of imide groups is 1. The molecule has 0 radical (unpaired) electrons. The number of rotatable bonds is 9. The Morgan fingerprint density at radius 1 is 1.27 bits per heavy atom. The highest BCUT2D eigenvalue weighted by Gasteiger charge is 2.47. The molecule has 10 nitrogen and oxygen atoms in total. The van der Waals surface area contributed by atoms with Crippen LogP contribution in [0.15, 0.2) is 47.2 Å². The number of thiophene rings is 1. The average molecular weight is 528 g/mol. The highest BCUT2D eigenvalue weighted by atomic mass is 32.1. The Bertz CT molecular complexity index is 1280. The third-order valence-corrected chi connectivity index (χ3v) is 7.55. The van der Waals surface area contributed by atoms with Crippen LogP contribution in [0, 0.1) is 6.92 Å². The number of nitrogens with zero attached hydrogens (tertiary/aromatic N) is 3. The minimum Gasteiger partial charge on any atom is -0.480 e. The summed E-state index contributed by atoms with van der Waals surface area (Å²) in [6, 6.07) is 9.37. The van der Waals surface area contributed by atoms with E-state index >= 15 is 0 Å². The van der Waals surface area contributed by atoms with Crippen molar-refractivity contribution in [2.45, 2.75) is 45.4 Å². The fourth-order valence-corrected chi connectivity index (χ4v) is 5.48. The molecule has 196 valence electrons. The Morgan fingerprint density at radius 2 is 1.97 bits per heavy atom. The third kappa shape index (κ3) is 5.15. The second-order valence-electron chi connectivity index (χ2n) is 9.43. The largest absolute Gasteiger partial charge is 0.480 e. The first kappa shape index (κ1) is 26.5. The molecule has 4 rings (SSSR count). The molecular weight excluding hydrogens is 498 g/mol. The lowest BCUT2D eigenvalue weighted by molar-refractivity contribution is -0.153. The maximum Gasteiger partial charge on any atom is 0.329 e. The van der Waals surface area contributed by atoms with Crippen molar-refractivity contribution in [3.63, 3.8) is 0 Å². The summed E-state index contributed by atoms with van der Waals surface area (Å²) in [7, 11) is 0. The number of aliphatic hydroxyl groups is 1. The zero-order valence-corrected chi connectivity index (χ0v) is 21.8. The second-order valence-corrected chi connectivity index (χ2v) is 10.4. The molecule has 0 saturated carbocycles. The molecule has 0 aliphatic carbocycles. The van der Waals surface area contributed by atoms with E-state index in [9.17, 15) is 24.6 Å². The number of amides is 2. The van der Waals surface area contributed by atoms with Crippen LogP contribution in [0.4, 0.5) is 5.00 Å². The van der Waals surface area contributed by atoms with Gasteiger partial charge in [0.15, 0.2) is 0 Å². The Balaban J connectivity index is 1.83. The molecule has 1 aliphatic rings. The number of carbonyl (C=O) groups is 3. The molecule has 0 bridgehead atoms. The summed E-state index contributed by atoms with van der Waals surface area (Å²) in [5.74, 6) is -2.31. The smallest absolute Gasteiger partial charge is 0.329 e. The SMILES string of the molecule is Cc1c(-c2ncco2)sc2c1C(=O)N(C(C)(C)C(=O)O)C(=O)CN2C[C@H](OC[C@@H](C)O)c1ccccc1. The summed E-state index contributed by atoms with van der Waals surface area (Å²) in [5, 5.41) is 20.2. The van der Waals surface area contributed by atoms with Crippen molar-refractivity contribution in [3.05, 3.63) is 59.5 Å². The number of carboxylic acids is 1. The van der Waals surface area contributed by atoms with Crippen LogP contribution in [0.2, 0.25) is 0 Å². The van der Waals surface area contributed by atoms with Crippen LogP contribution in [0.25, 0.3) is 10.8 Å². The van der Waals surface area contributed by atoms with E-state index in [-0.39, 0.29) is 25.3 Å². The van der Waals surface area contributed by atoms with Gasteiger partial charge in [0.25, 0.3) is 5.91 Å². The van der Waals surface area contributed by atoms with Crippen LogP contribution in [-0.2, 0) is 14.3 Å². The van der Waals surface area contributed by atoms with Gasteiger partial charge in [0.1, 0.15) is 22.9 Å². The van der Waals surface area contributed by atoms with Gasteiger partial charge in [-0.25, -0.2) is 9.78 Å². The van der Waals surface area contributed by atoms with Crippen molar-refractivity contribution in [2.24, 2.45) is 0 Å². The quantitative estimate of drug-likeness (QED) is 0.401. The van der Waals surface area contributed by atoms with E-state index < -0.39 is 35.5 Å². The maximum absolute atomic E-state index is 13.8. The van der Waals surface area contributed by atoms with Crippen molar-refractivity contribution >= 4 is 34.1 Å². The van der Waals surface area contributed by atoms with Crippen molar-refractivity contribution in [2.75, 3.05) is 24.6 Å². The number of hydrogen-bond donors (Lipinski definition) is 2. The highest BCUT2D eigenvalue weighted by Crippen LogP contribution is 2.44. The fraction of sp³-hybridized carbons (Fsp3) is 0.385. The summed E-state index contributed by atoms with van der Waals surface area (Å²) >= 11 is 1.25. The van der Waals surface area contributed by atoms with Crippen molar-refractivity contribution in [3.8, 4) is 10.8 Å². The first-order valence-corrected chi connectivity index (χ1v) is 12.6. The Kier molecular flexibility index (Phi) is 7.49. The molecule has 2 amide bonds. The first-order chi connectivity index (χ1) is 17.5. The predicted molar refractivity (Wildman–Crippen MR) is 136 cm³/mol. The van der Waals surface area contributed by atoms with Crippen LogP contribution in [0.3, 0.4) is 0 Å². The molecule has 0 unspecified atom stereocenters. The first-order valence-electron chi connectivity index (χ1n) is 11.8. The highest BCUT2D eigenvalue weighted by molar-refractivity contribution is 7.20. The number of benzene rings is 1. The van der Waals surface area contributed by atoms with Gasteiger partial charge in [-0.2, -0.15) is 0 Å². The lowest BCUT2D eigenvalue weighted by atomic mass is 10.0. The number of oxazole rings is 1. The number of carboxylic acid groups (broad SMARTS) is 1. The molecule has 2 atom stereocenters. The van der Waals surface area contributed by atoms with Crippen molar-refractivity contribution in [1.29, 1.82) is 0 Å². The Labute approximate surface area is 218 Å². The standard InChI is InChI=1S/C26H29N3O7S/c1-15(30)14-36-18(17-8-6-5-7-9-17)12-28-13-19(31)29(26(3,4)25(33)34)23(32)20-16(2)21(37-24(20)28)22-27-10-11-35-22/h5-11,15,18,30H,12-14H2,1-4H3,(H,33,34)/t15-,18+/m1/s1. The number of ether oxygens (including phenoxy) is 1. The van der Waals surface area contributed by atoms with Gasteiger partial charge in [0, 0.05) is 6.54 Å². The van der Waals surface area contributed by atoms with Gasteiger partial charge < -0.3 is 24.3 Å². The van der Waals surface area contributed by atoms with Gasteiger partial charge in [0.2, 0.25) is 11.8 Å². The van der Waals surface area contributed by atoms with E-state index in [0.717, 1.165) is 10.5 Å². The summed E-state index contributed by atoms with van der Waals surface area (Å²) in [4.78, 5) is 46.7. The fourth-order valence-electron chi connectivity index (χ4n) is 4.23. The molecule has 0 saturated heterocycles. The zero-order valence-electron chi connectivity index (χ0n) is 21.0. The van der Waals surface area contributed by atoms with Crippen LogP contribution < -0.4 is 4.90 Å². The van der Waals surface area contributed by atoms with Crippen LogP contribution >= 0.6 is 11.3 Å². The topological polar surface area (TPSA) is 133 Å². The van der Waals surface area contributed by atoms with E-state index in [1.54, 1.807) is 18.7 Å². The third-order valence-electron chi connectivity index (χ3n) is 6.21. The minimum absolute atomic E-state index is 0.0658. The molecule has 2 aromatic heterocycles. The van der Waals surface area contributed by atoms with E-state index in [1.165, 1.54) is 37.6 Å². The summed E-state index contributed by atoms with van der Waals surface area (Å²) in [5.41, 5.74) is -0.183. The van der Waals surface area contributed by atoms with Gasteiger partial charge in [-0.3, -0.25) is 14.5 Å². The Morgan fingerprint density at radius 3 is 2.57 bits per heavy atom. The normalized spacial score (nSPS) is 15.9. The van der Waals surface area contributed by atoms with Gasteiger partial charge in [-0.1, -0.05) is 30.3 Å². The minimum atomic E-state index is -1.78. The number of anilines is 1. The van der Waals surface area contributed by atoms with Crippen molar-refractivity contribution in [1.82, 2.24) is 9.88 Å². The number of carbonyl (C=O) groups excluding carboxylic acids is 2. The van der Waals surface area contributed by atoms with Crippen LogP contribution in [-0.4, -0.2) is 69.2 Å². The number of aliphatic hydroxyl groups excluding tert-OH is 1. The van der Waals surface area contributed by atoms with Crippen LogP contribution in [0.1, 0.15) is 48.4 Å². The monoisotopic (exact) mass is 527 g/mol. The average Bonchev–Trinajstić information content (AvgIpc) is 3.46. The molecule has 1 aromatic carbocycles. The molecule has 3 aromatic rings. The van der Waals surface area contributed by atoms with E-state index in [4.69, 9.17) is 9.15 Å². The van der Waals surface area contributed by atoms with Gasteiger partial charge in [0.05, 0.1) is 35.9 Å². The van der Waals surface area contributed by atoms with Gasteiger partial charge >= 0.3 is 5.97 Å².